The van der Waals surface area contributed by atoms with Crippen molar-refractivity contribution in [1.82, 2.24) is 4.90 Å². The second kappa shape index (κ2) is 9.55. The number of aliphatic hydroxyl groups excluding tert-OH is 1. The summed E-state index contributed by atoms with van der Waals surface area (Å²) < 4.78 is 15.7. The molecule has 1 atom stereocenters. The number of rotatable bonds is 7. The minimum Gasteiger partial charge on any atom is -0.507 e. The van der Waals surface area contributed by atoms with E-state index in [1.165, 1.54) is 26.0 Å². The number of hydrogen-bond donors (Lipinski definition) is 1. The highest BCUT2D eigenvalue weighted by Crippen LogP contribution is 2.42. The summed E-state index contributed by atoms with van der Waals surface area (Å²) in [5, 5.41) is 11.2. The molecule has 32 heavy (non-hydrogen) atoms. The number of benzene rings is 2. The van der Waals surface area contributed by atoms with Crippen molar-refractivity contribution in [2.24, 2.45) is 0 Å². The standard InChI is InChI=1S/C24H25NO7/c1-5-11-25-21(15-7-6-8-17(12-15)32-14(2)26)20(23(28)24(25)29)22(27)18-10-9-16(30-3)13-19(18)31-4/h6-10,12-13,21,27H,5,11H2,1-4H3/b22-20-. The number of nitrogens with zero attached hydrogens (tertiary/aromatic N) is 1. The van der Waals surface area contributed by atoms with Crippen LogP contribution < -0.4 is 14.2 Å². The van der Waals surface area contributed by atoms with Crippen molar-refractivity contribution in [2.75, 3.05) is 20.8 Å². The van der Waals surface area contributed by atoms with Crippen LogP contribution in [0.25, 0.3) is 5.76 Å². The number of Topliss-reactive ketones (excluding diaryl/α,β-unsaturated/α-hetero) is 1. The molecule has 0 saturated carbocycles. The smallest absolute Gasteiger partial charge is 0.308 e. The van der Waals surface area contributed by atoms with Gasteiger partial charge in [0.2, 0.25) is 0 Å². The monoisotopic (exact) mass is 439 g/mol. The predicted octanol–water partition coefficient (Wildman–Crippen LogP) is 3.46. The number of amides is 1. The van der Waals surface area contributed by atoms with Crippen molar-refractivity contribution < 1.29 is 33.7 Å². The van der Waals surface area contributed by atoms with E-state index in [9.17, 15) is 19.5 Å². The van der Waals surface area contributed by atoms with Gasteiger partial charge in [0.25, 0.3) is 11.7 Å². The first-order valence-corrected chi connectivity index (χ1v) is 10.1. The van der Waals surface area contributed by atoms with Crippen LogP contribution in [0.5, 0.6) is 17.2 Å². The minimum absolute atomic E-state index is 0.0631. The van der Waals surface area contributed by atoms with E-state index in [-0.39, 0.29) is 28.4 Å². The molecule has 1 saturated heterocycles. The molecule has 1 amide bonds. The Morgan fingerprint density at radius 1 is 1.06 bits per heavy atom. The summed E-state index contributed by atoms with van der Waals surface area (Å²) in [6.07, 6.45) is 0.610. The summed E-state index contributed by atoms with van der Waals surface area (Å²) in [4.78, 5) is 38.6. The molecule has 1 heterocycles. The number of aliphatic hydroxyl groups is 1. The van der Waals surface area contributed by atoms with Crippen molar-refractivity contribution in [3.63, 3.8) is 0 Å². The van der Waals surface area contributed by atoms with Crippen LogP contribution in [0.15, 0.2) is 48.0 Å². The fourth-order valence-electron chi connectivity index (χ4n) is 3.75. The van der Waals surface area contributed by atoms with Gasteiger partial charge in [-0.15, -0.1) is 0 Å². The van der Waals surface area contributed by atoms with E-state index < -0.39 is 23.7 Å². The summed E-state index contributed by atoms with van der Waals surface area (Å²) >= 11 is 0. The quantitative estimate of drug-likeness (QED) is 0.232. The van der Waals surface area contributed by atoms with Gasteiger partial charge in [-0.25, -0.2) is 0 Å². The van der Waals surface area contributed by atoms with Gasteiger partial charge in [0.15, 0.2) is 0 Å². The largest absolute Gasteiger partial charge is 0.507 e. The van der Waals surface area contributed by atoms with Gasteiger partial charge < -0.3 is 24.2 Å². The molecule has 2 aromatic carbocycles. The third kappa shape index (κ3) is 4.30. The SMILES string of the molecule is CCCN1C(=O)C(=O)/C(=C(\O)c2ccc(OC)cc2OC)C1c1cccc(OC(C)=O)c1. The summed E-state index contributed by atoms with van der Waals surface area (Å²) in [5.41, 5.74) is 0.723. The number of likely N-dealkylation sites (tertiary alicyclic amines) is 1. The van der Waals surface area contributed by atoms with E-state index in [4.69, 9.17) is 14.2 Å². The fraction of sp³-hybridized carbons (Fsp3) is 0.292. The molecule has 168 valence electrons. The molecule has 8 heteroatoms. The molecule has 0 radical (unpaired) electrons. The third-order valence-electron chi connectivity index (χ3n) is 5.10. The van der Waals surface area contributed by atoms with Crippen LogP contribution in [0.4, 0.5) is 0 Å². The van der Waals surface area contributed by atoms with Gasteiger partial charge in [-0.2, -0.15) is 0 Å². The highest BCUT2D eigenvalue weighted by Gasteiger charge is 2.46. The summed E-state index contributed by atoms with van der Waals surface area (Å²) in [5.74, 6) is -1.27. The first-order valence-electron chi connectivity index (χ1n) is 10.1. The van der Waals surface area contributed by atoms with Crippen molar-refractivity contribution in [3.05, 3.63) is 59.2 Å². The zero-order valence-electron chi connectivity index (χ0n) is 18.4. The average Bonchev–Trinajstić information content (AvgIpc) is 3.03. The first-order chi connectivity index (χ1) is 15.3. The molecular formula is C24H25NO7. The molecule has 1 fully saturated rings. The van der Waals surface area contributed by atoms with Crippen molar-refractivity contribution in [3.8, 4) is 17.2 Å². The fourth-order valence-corrected chi connectivity index (χ4v) is 3.75. The molecule has 0 bridgehead atoms. The number of methoxy groups -OCH3 is 2. The van der Waals surface area contributed by atoms with Gasteiger partial charge in [0, 0.05) is 19.5 Å². The van der Waals surface area contributed by atoms with E-state index >= 15 is 0 Å². The lowest BCUT2D eigenvalue weighted by Crippen LogP contribution is -2.30. The van der Waals surface area contributed by atoms with Crippen molar-refractivity contribution >= 4 is 23.4 Å². The maximum Gasteiger partial charge on any atom is 0.308 e. The summed E-state index contributed by atoms with van der Waals surface area (Å²) in [6, 6.07) is 10.5. The van der Waals surface area contributed by atoms with Crippen LogP contribution in [0.1, 0.15) is 37.4 Å². The second-order valence-corrected chi connectivity index (χ2v) is 7.22. The molecule has 2 aromatic rings. The van der Waals surface area contributed by atoms with E-state index in [1.54, 1.807) is 42.5 Å². The van der Waals surface area contributed by atoms with E-state index in [0.29, 0.717) is 24.3 Å². The van der Waals surface area contributed by atoms with Crippen LogP contribution in [-0.4, -0.2) is 48.4 Å². The molecule has 8 nitrogen and oxygen atoms in total. The van der Waals surface area contributed by atoms with Gasteiger partial charge in [-0.05, 0) is 36.2 Å². The number of carbonyl (C=O) groups excluding carboxylic acids is 3. The number of carbonyl (C=O) groups is 3. The predicted molar refractivity (Wildman–Crippen MR) is 117 cm³/mol. The minimum atomic E-state index is -0.850. The molecule has 1 unspecified atom stereocenters. The molecule has 1 aliphatic rings. The molecular weight excluding hydrogens is 414 g/mol. The number of esters is 1. The Bertz CT molecular complexity index is 1090. The van der Waals surface area contributed by atoms with Gasteiger partial charge in [0.05, 0.1) is 31.4 Å². The van der Waals surface area contributed by atoms with Gasteiger partial charge in [0.1, 0.15) is 23.0 Å². The van der Waals surface area contributed by atoms with Crippen LogP contribution in [0.2, 0.25) is 0 Å². The van der Waals surface area contributed by atoms with Crippen molar-refractivity contribution in [2.45, 2.75) is 26.3 Å². The van der Waals surface area contributed by atoms with Crippen molar-refractivity contribution in [1.29, 1.82) is 0 Å². The van der Waals surface area contributed by atoms with Crippen LogP contribution in [0, 0.1) is 0 Å². The first kappa shape index (κ1) is 22.9. The number of ketones is 1. The number of hydrogen-bond acceptors (Lipinski definition) is 7. The molecule has 0 spiro atoms. The van der Waals surface area contributed by atoms with Gasteiger partial charge >= 0.3 is 5.97 Å². The Balaban J connectivity index is 2.21. The van der Waals surface area contributed by atoms with Gasteiger partial charge in [-0.3, -0.25) is 14.4 Å². The van der Waals surface area contributed by atoms with Gasteiger partial charge in [-0.1, -0.05) is 19.1 Å². The highest BCUT2D eigenvalue weighted by atomic mass is 16.5. The van der Waals surface area contributed by atoms with Crippen LogP contribution in [-0.2, 0) is 14.4 Å². The van der Waals surface area contributed by atoms with E-state index in [2.05, 4.69) is 0 Å². The molecule has 0 aliphatic carbocycles. The topological polar surface area (TPSA) is 102 Å². The maximum atomic E-state index is 13.0. The summed E-state index contributed by atoms with van der Waals surface area (Å²) in [6.45, 7) is 3.48. The lowest BCUT2D eigenvalue weighted by molar-refractivity contribution is -0.139. The Morgan fingerprint density at radius 3 is 2.44 bits per heavy atom. The Kier molecular flexibility index (Phi) is 6.82. The molecule has 3 rings (SSSR count). The van der Waals surface area contributed by atoms with Crippen LogP contribution in [0.3, 0.4) is 0 Å². The molecule has 1 N–H and O–H groups in total. The number of ether oxygens (including phenoxy) is 3. The Morgan fingerprint density at radius 2 is 1.81 bits per heavy atom. The highest BCUT2D eigenvalue weighted by molar-refractivity contribution is 6.46. The Hall–Kier alpha value is -3.81. The Labute approximate surface area is 186 Å². The lowest BCUT2D eigenvalue weighted by Gasteiger charge is -2.25. The maximum absolute atomic E-state index is 13.0. The van der Waals surface area contributed by atoms with Crippen LogP contribution >= 0.6 is 0 Å². The lowest BCUT2D eigenvalue weighted by atomic mass is 9.94. The normalized spacial score (nSPS) is 17.4. The third-order valence-corrected chi connectivity index (χ3v) is 5.10. The zero-order chi connectivity index (χ0) is 23.4. The summed E-state index contributed by atoms with van der Waals surface area (Å²) in [7, 11) is 2.93. The average molecular weight is 439 g/mol. The van der Waals surface area contributed by atoms with E-state index in [0.717, 1.165) is 0 Å². The second-order valence-electron chi connectivity index (χ2n) is 7.22. The zero-order valence-corrected chi connectivity index (χ0v) is 18.4. The van der Waals surface area contributed by atoms with E-state index in [1.807, 2.05) is 6.92 Å². The molecule has 0 aromatic heterocycles. The molecule has 1 aliphatic heterocycles.